The number of anilines is 1. The summed E-state index contributed by atoms with van der Waals surface area (Å²) in [7, 11) is 0. The quantitative estimate of drug-likeness (QED) is 0.859. The van der Waals surface area contributed by atoms with Crippen LogP contribution >= 0.6 is 27.5 Å². The Labute approximate surface area is 130 Å². The molecule has 0 unspecified atom stereocenters. The van der Waals surface area contributed by atoms with E-state index in [1.54, 1.807) is 18.2 Å². The molecule has 1 aromatic carbocycles. The molecule has 1 aromatic heterocycles. The van der Waals surface area contributed by atoms with Crippen molar-refractivity contribution in [1.29, 1.82) is 0 Å². The molecule has 0 bridgehead atoms. The van der Waals surface area contributed by atoms with E-state index in [0.717, 1.165) is 4.47 Å². The maximum Gasteiger partial charge on any atom is 0.295 e. The van der Waals surface area contributed by atoms with Gasteiger partial charge in [-0.25, -0.2) is 4.98 Å². The molecule has 0 fully saturated rings. The number of hydrogen-bond donors (Lipinski definition) is 2. The Bertz CT molecular complexity index is 648. The van der Waals surface area contributed by atoms with Gasteiger partial charge in [-0.15, -0.1) is 5.10 Å². The first-order valence-corrected chi connectivity index (χ1v) is 7.14. The smallest absolute Gasteiger partial charge is 0.295 e. The van der Waals surface area contributed by atoms with E-state index in [-0.39, 0.29) is 17.1 Å². The molecular formula is C13H14BrClN4O. The fourth-order valence-electron chi connectivity index (χ4n) is 1.47. The SMILES string of the molecule is CC(C)(C)c1nc(C(=O)Nc2cc(Cl)ccc2Br)n[nH]1. The second-order valence-electron chi connectivity index (χ2n) is 5.34. The van der Waals surface area contributed by atoms with Gasteiger partial charge in [-0.3, -0.25) is 9.89 Å². The van der Waals surface area contributed by atoms with Crippen LogP contribution < -0.4 is 5.32 Å². The van der Waals surface area contributed by atoms with Crippen molar-refractivity contribution >= 4 is 39.1 Å². The molecule has 106 valence electrons. The number of nitrogens with one attached hydrogen (secondary N) is 2. The average molecular weight is 358 g/mol. The summed E-state index contributed by atoms with van der Waals surface area (Å²) in [4.78, 5) is 16.3. The summed E-state index contributed by atoms with van der Waals surface area (Å²) in [5, 5.41) is 9.97. The van der Waals surface area contributed by atoms with Gasteiger partial charge in [0, 0.05) is 14.9 Å². The summed E-state index contributed by atoms with van der Waals surface area (Å²) in [6.07, 6.45) is 0. The van der Waals surface area contributed by atoms with E-state index in [1.165, 1.54) is 0 Å². The lowest BCUT2D eigenvalue weighted by atomic mass is 9.96. The third kappa shape index (κ3) is 3.37. The van der Waals surface area contributed by atoms with E-state index in [2.05, 4.69) is 36.4 Å². The number of hydrogen-bond acceptors (Lipinski definition) is 3. The highest BCUT2D eigenvalue weighted by Gasteiger charge is 2.21. The highest BCUT2D eigenvalue weighted by atomic mass is 79.9. The second kappa shape index (κ2) is 5.54. The summed E-state index contributed by atoms with van der Waals surface area (Å²) in [6, 6.07) is 5.14. The van der Waals surface area contributed by atoms with Crippen LogP contribution in [-0.4, -0.2) is 21.1 Å². The van der Waals surface area contributed by atoms with Crippen molar-refractivity contribution in [3.8, 4) is 0 Å². The Morgan fingerprint density at radius 3 is 2.70 bits per heavy atom. The third-order valence-corrected chi connectivity index (χ3v) is 3.50. The van der Waals surface area contributed by atoms with Crippen LogP contribution in [0.15, 0.2) is 22.7 Å². The summed E-state index contributed by atoms with van der Waals surface area (Å²) < 4.78 is 0.738. The van der Waals surface area contributed by atoms with Gasteiger partial charge < -0.3 is 5.32 Å². The van der Waals surface area contributed by atoms with E-state index < -0.39 is 0 Å². The second-order valence-corrected chi connectivity index (χ2v) is 6.63. The molecule has 20 heavy (non-hydrogen) atoms. The molecule has 1 heterocycles. The predicted octanol–water partition coefficient (Wildman–Crippen LogP) is 3.77. The van der Waals surface area contributed by atoms with Crippen LogP contribution in [0.5, 0.6) is 0 Å². The minimum Gasteiger partial charge on any atom is -0.318 e. The summed E-state index contributed by atoms with van der Waals surface area (Å²) in [6.45, 7) is 5.97. The topological polar surface area (TPSA) is 70.7 Å². The average Bonchev–Trinajstić information content (AvgIpc) is 2.83. The molecule has 0 atom stereocenters. The van der Waals surface area contributed by atoms with Gasteiger partial charge in [-0.1, -0.05) is 32.4 Å². The number of benzene rings is 1. The van der Waals surface area contributed by atoms with Crippen molar-refractivity contribution in [3.05, 3.63) is 39.3 Å². The number of aromatic amines is 1. The Hall–Kier alpha value is -1.40. The molecule has 7 heteroatoms. The van der Waals surface area contributed by atoms with E-state index >= 15 is 0 Å². The highest BCUT2D eigenvalue weighted by Crippen LogP contribution is 2.26. The molecular weight excluding hydrogens is 344 g/mol. The zero-order valence-corrected chi connectivity index (χ0v) is 13.6. The van der Waals surface area contributed by atoms with Crippen molar-refractivity contribution in [2.24, 2.45) is 0 Å². The first kappa shape index (κ1) is 15.0. The van der Waals surface area contributed by atoms with E-state index in [9.17, 15) is 4.79 Å². The Morgan fingerprint density at radius 2 is 2.10 bits per heavy atom. The molecule has 0 saturated carbocycles. The number of aromatic nitrogens is 3. The van der Waals surface area contributed by atoms with Gasteiger partial charge >= 0.3 is 0 Å². The minimum absolute atomic E-state index is 0.0989. The van der Waals surface area contributed by atoms with Crippen LogP contribution in [0.1, 0.15) is 37.2 Å². The van der Waals surface area contributed by atoms with Crippen LogP contribution in [0, 0.1) is 0 Å². The lowest BCUT2D eigenvalue weighted by Crippen LogP contribution is -2.16. The monoisotopic (exact) mass is 356 g/mol. The Kier molecular flexibility index (Phi) is 4.15. The first-order chi connectivity index (χ1) is 9.27. The molecule has 2 rings (SSSR count). The van der Waals surface area contributed by atoms with Crippen molar-refractivity contribution in [3.63, 3.8) is 0 Å². The fourth-order valence-corrected chi connectivity index (χ4v) is 1.99. The molecule has 0 saturated heterocycles. The van der Waals surface area contributed by atoms with Gasteiger partial charge in [-0.05, 0) is 34.1 Å². The number of halogens is 2. The predicted molar refractivity (Wildman–Crippen MR) is 82.2 cm³/mol. The Balaban J connectivity index is 2.20. The van der Waals surface area contributed by atoms with Gasteiger partial charge in [0.1, 0.15) is 5.82 Å². The number of rotatable bonds is 2. The van der Waals surface area contributed by atoms with Gasteiger partial charge in [-0.2, -0.15) is 0 Å². The molecule has 0 aliphatic rings. The standard InChI is InChI=1S/C13H14BrClN4O/c1-13(2,3)12-17-10(18-19-12)11(20)16-9-6-7(15)4-5-8(9)14/h4-6H,1-3H3,(H,16,20)(H,17,18,19). The first-order valence-electron chi connectivity index (χ1n) is 5.96. The zero-order valence-electron chi connectivity index (χ0n) is 11.3. The van der Waals surface area contributed by atoms with E-state index in [1.807, 2.05) is 20.8 Å². The van der Waals surface area contributed by atoms with E-state index in [4.69, 9.17) is 11.6 Å². The summed E-state index contributed by atoms with van der Waals surface area (Å²) in [5.74, 6) is 0.370. The summed E-state index contributed by atoms with van der Waals surface area (Å²) in [5.41, 5.74) is 0.381. The number of nitrogens with zero attached hydrogens (tertiary/aromatic N) is 2. The lowest BCUT2D eigenvalue weighted by molar-refractivity contribution is 0.101. The molecule has 0 aliphatic carbocycles. The van der Waals surface area contributed by atoms with Crippen LogP contribution in [0.25, 0.3) is 0 Å². The highest BCUT2D eigenvalue weighted by molar-refractivity contribution is 9.10. The van der Waals surface area contributed by atoms with Gasteiger partial charge in [0.2, 0.25) is 5.82 Å². The third-order valence-electron chi connectivity index (χ3n) is 2.58. The van der Waals surface area contributed by atoms with Crippen LogP contribution in [0.3, 0.4) is 0 Å². The van der Waals surface area contributed by atoms with Crippen LogP contribution in [0.2, 0.25) is 5.02 Å². The van der Waals surface area contributed by atoms with Gasteiger partial charge in [0.25, 0.3) is 5.91 Å². The molecule has 2 N–H and O–H groups in total. The maximum atomic E-state index is 12.1. The van der Waals surface area contributed by atoms with Crippen LogP contribution in [-0.2, 0) is 5.41 Å². The van der Waals surface area contributed by atoms with Gasteiger partial charge in [0.15, 0.2) is 0 Å². The van der Waals surface area contributed by atoms with E-state index in [0.29, 0.717) is 16.5 Å². The molecule has 5 nitrogen and oxygen atoms in total. The fraction of sp³-hybridized carbons (Fsp3) is 0.308. The van der Waals surface area contributed by atoms with Gasteiger partial charge in [0.05, 0.1) is 5.69 Å². The largest absolute Gasteiger partial charge is 0.318 e. The van der Waals surface area contributed by atoms with Crippen LogP contribution in [0.4, 0.5) is 5.69 Å². The number of H-pyrrole nitrogens is 1. The number of amides is 1. The molecule has 2 aromatic rings. The molecule has 0 aliphatic heterocycles. The lowest BCUT2D eigenvalue weighted by Gasteiger charge is -2.12. The molecule has 1 amide bonds. The molecule has 0 spiro atoms. The van der Waals surface area contributed by atoms with Crippen molar-refractivity contribution in [1.82, 2.24) is 15.2 Å². The maximum absolute atomic E-state index is 12.1. The summed E-state index contributed by atoms with van der Waals surface area (Å²) >= 11 is 9.25. The van der Waals surface area contributed by atoms with Crippen molar-refractivity contribution < 1.29 is 4.79 Å². The number of carbonyl (C=O) groups is 1. The Morgan fingerprint density at radius 1 is 1.40 bits per heavy atom. The minimum atomic E-state index is -0.389. The zero-order chi connectivity index (χ0) is 14.9. The van der Waals surface area contributed by atoms with Crippen molar-refractivity contribution in [2.45, 2.75) is 26.2 Å². The normalized spacial score (nSPS) is 11.4. The number of carbonyl (C=O) groups excluding carboxylic acids is 1. The molecule has 0 radical (unpaired) electrons. The van der Waals surface area contributed by atoms with Crippen molar-refractivity contribution in [2.75, 3.05) is 5.32 Å².